The summed E-state index contributed by atoms with van der Waals surface area (Å²) in [4.78, 5) is 12.7. The first kappa shape index (κ1) is 13.1. The Morgan fingerprint density at radius 1 is 1.24 bits per heavy atom. The summed E-state index contributed by atoms with van der Waals surface area (Å²) in [6.45, 7) is 1.97. The van der Waals surface area contributed by atoms with E-state index in [1.165, 1.54) is 6.20 Å². The molecule has 0 N–H and O–H groups in total. The van der Waals surface area contributed by atoms with E-state index in [1.54, 1.807) is 10.7 Å². The highest BCUT2D eigenvalue weighted by Crippen LogP contribution is 2.23. The Balaban J connectivity index is 2.03. The Labute approximate surface area is 122 Å². The Morgan fingerprint density at radius 3 is 2.71 bits per heavy atom. The molecule has 2 aromatic heterocycles. The summed E-state index contributed by atoms with van der Waals surface area (Å²) < 4.78 is 1.64. The van der Waals surface area contributed by atoms with Gasteiger partial charge in [-0.2, -0.15) is 10.4 Å². The van der Waals surface area contributed by atoms with Gasteiger partial charge >= 0.3 is 0 Å². The van der Waals surface area contributed by atoms with Crippen LogP contribution in [0.5, 0.6) is 0 Å². The molecule has 2 heterocycles. The third-order valence-electron chi connectivity index (χ3n) is 3.49. The zero-order valence-corrected chi connectivity index (χ0v) is 11.5. The van der Waals surface area contributed by atoms with E-state index < -0.39 is 5.92 Å². The maximum atomic E-state index is 12.7. The van der Waals surface area contributed by atoms with Gasteiger partial charge in [0.2, 0.25) is 0 Å². The molecule has 0 radical (unpaired) electrons. The van der Waals surface area contributed by atoms with Gasteiger partial charge in [0, 0.05) is 6.20 Å². The molecule has 0 bridgehead atoms. The molecule has 0 aliphatic rings. The molecule has 0 aliphatic carbocycles. The minimum absolute atomic E-state index is 0.220. The topological polar surface area (TPSA) is 58.2 Å². The first-order valence-corrected chi connectivity index (χ1v) is 6.63. The number of ketones is 1. The van der Waals surface area contributed by atoms with Crippen LogP contribution >= 0.6 is 0 Å². The first-order chi connectivity index (χ1) is 10.2. The number of hydrogen-bond acceptors (Lipinski definition) is 3. The maximum Gasteiger partial charge on any atom is 0.188 e. The summed E-state index contributed by atoms with van der Waals surface area (Å²) >= 11 is 0. The molecule has 3 aromatic rings. The van der Waals surface area contributed by atoms with Gasteiger partial charge in [-0.05, 0) is 24.6 Å². The highest BCUT2D eigenvalue weighted by Gasteiger charge is 2.24. The van der Waals surface area contributed by atoms with E-state index in [2.05, 4.69) is 11.2 Å². The van der Waals surface area contributed by atoms with E-state index in [-0.39, 0.29) is 5.78 Å². The molecule has 3 rings (SSSR count). The fourth-order valence-electron chi connectivity index (χ4n) is 2.32. The van der Waals surface area contributed by atoms with Crippen LogP contribution in [0.1, 0.15) is 27.4 Å². The largest absolute Gasteiger partial charge is 0.292 e. The Kier molecular flexibility index (Phi) is 3.25. The third-order valence-corrected chi connectivity index (χ3v) is 3.49. The van der Waals surface area contributed by atoms with Crippen LogP contribution < -0.4 is 0 Å². The van der Waals surface area contributed by atoms with E-state index in [0.717, 1.165) is 11.1 Å². The molecule has 1 unspecified atom stereocenters. The van der Waals surface area contributed by atoms with E-state index in [0.29, 0.717) is 11.1 Å². The molecule has 21 heavy (non-hydrogen) atoms. The highest BCUT2D eigenvalue weighted by molar-refractivity contribution is 6.07. The van der Waals surface area contributed by atoms with Gasteiger partial charge in [-0.25, -0.2) is 4.52 Å². The van der Waals surface area contributed by atoms with Crippen LogP contribution in [-0.4, -0.2) is 15.4 Å². The SMILES string of the molecule is Cc1ccc(C(C#N)C(=O)c2cnn3ccccc23)cc1. The molecular formula is C17H13N3O. The van der Waals surface area contributed by atoms with Crippen molar-refractivity contribution in [3.05, 3.63) is 71.5 Å². The predicted molar refractivity (Wildman–Crippen MR) is 79.1 cm³/mol. The average Bonchev–Trinajstić information content (AvgIpc) is 2.94. The zero-order valence-electron chi connectivity index (χ0n) is 11.5. The first-order valence-electron chi connectivity index (χ1n) is 6.63. The van der Waals surface area contributed by atoms with Gasteiger partial charge in [-0.15, -0.1) is 0 Å². The van der Waals surface area contributed by atoms with Crippen LogP contribution in [0.15, 0.2) is 54.9 Å². The number of pyridine rings is 1. The lowest BCUT2D eigenvalue weighted by atomic mass is 9.92. The molecule has 102 valence electrons. The normalized spacial score (nSPS) is 12.0. The number of nitriles is 1. The summed E-state index contributed by atoms with van der Waals surface area (Å²) in [6.07, 6.45) is 3.30. The van der Waals surface area contributed by atoms with Crippen LogP contribution in [0.4, 0.5) is 0 Å². The van der Waals surface area contributed by atoms with Crippen molar-refractivity contribution in [3.63, 3.8) is 0 Å². The summed E-state index contributed by atoms with van der Waals surface area (Å²) in [5, 5.41) is 13.5. The van der Waals surface area contributed by atoms with Crippen molar-refractivity contribution in [1.82, 2.24) is 9.61 Å². The molecule has 0 saturated heterocycles. The number of rotatable bonds is 3. The van der Waals surface area contributed by atoms with Crippen LogP contribution in [0.3, 0.4) is 0 Å². The fourth-order valence-corrected chi connectivity index (χ4v) is 2.32. The van der Waals surface area contributed by atoms with Crippen LogP contribution in [0.2, 0.25) is 0 Å². The van der Waals surface area contributed by atoms with Gasteiger partial charge in [-0.1, -0.05) is 35.9 Å². The standard InChI is InChI=1S/C17H13N3O/c1-12-5-7-13(8-6-12)14(10-18)17(21)15-11-19-20-9-3-2-4-16(15)20/h2-9,11,14H,1H3. The van der Waals surface area contributed by atoms with Crippen molar-refractivity contribution in [3.8, 4) is 6.07 Å². The second kappa shape index (κ2) is 5.22. The summed E-state index contributed by atoms with van der Waals surface area (Å²) in [5.41, 5.74) is 3.00. The fraction of sp³-hybridized carbons (Fsp3) is 0.118. The number of fused-ring (bicyclic) bond motifs is 1. The number of aryl methyl sites for hydroxylation is 1. The third kappa shape index (κ3) is 2.30. The van der Waals surface area contributed by atoms with Gasteiger partial charge in [0.05, 0.1) is 23.3 Å². The van der Waals surface area contributed by atoms with E-state index in [4.69, 9.17) is 0 Å². The number of aromatic nitrogens is 2. The lowest BCUT2D eigenvalue weighted by Gasteiger charge is -2.08. The molecule has 0 fully saturated rings. The lowest BCUT2D eigenvalue weighted by molar-refractivity contribution is 0.0980. The molecule has 0 amide bonds. The number of nitrogens with zero attached hydrogens (tertiary/aromatic N) is 3. The van der Waals surface area contributed by atoms with Crippen molar-refractivity contribution in [1.29, 1.82) is 5.26 Å². The zero-order chi connectivity index (χ0) is 14.8. The van der Waals surface area contributed by atoms with Gasteiger partial charge in [-0.3, -0.25) is 4.79 Å². The Hall–Kier alpha value is -2.93. The smallest absolute Gasteiger partial charge is 0.188 e. The van der Waals surface area contributed by atoms with Crippen LogP contribution in [0.25, 0.3) is 5.52 Å². The van der Waals surface area contributed by atoms with Crippen molar-refractivity contribution in [2.45, 2.75) is 12.8 Å². The molecular weight excluding hydrogens is 262 g/mol. The molecule has 0 aliphatic heterocycles. The Bertz CT molecular complexity index is 840. The van der Waals surface area contributed by atoms with E-state index in [1.807, 2.05) is 49.4 Å². The minimum Gasteiger partial charge on any atom is -0.292 e. The molecule has 0 spiro atoms. The Morgan fingerprint density at radius 2 is 2.00 bits per heavy atom. The van der Waals surface area contributed by atoms with Crippen molar-refractivity contribution >= 4 is 11.3 Å². The maximum absolute atomic E-state index is 12.7. The average molecular weight is 275 g/mol. The van der Waals surface area contributed by atoms with Gasteiger partial charge in [0.1, 0.15) is 5.92 Å². The second-order valence-electron chi connectivity index (χ2n) is 4.93. The molecule has 4 heteroatoms. The number of Topliss-reactive ketones (excluding diaryl/α,β-unsaturated/α-hetero) is 1. The quantitative estimate of drug-likeness (QED) is 0.690. The van der Waals surface area contributed by atoms with Crippen molar-refractivity contribution < 1.29 is 4.79 Å². The number of hydrogen-bond donors (Lipinski definition) is 0. The summed E-state index contributed by atoms with van der Waals surface area (Å²) in [6, 6.07) is 15.1. The molecule has 0 saturated carbocycles. The predicted octanol–water partition coefficient (Wildman–Crippen LogP) is 3.13. The van der Waals surface area contributed by atoms with Gasteiger partial charge in [0.15, 0.2) is 5.78 Å². The summed E-state index contributed by atoms with van der Waals surface area (Å²) in [5.74, 6) is -1.03. The van der Waals surface area contributed by atoms with Crippen molar-refractivity contribution in [2.24, 2.45) is 0 Å². The van der Waals surface area contributed by atoms with Gasteiger partial charge in [0.25, 0.3) is 0 Å². The molecule has 1 atom stereocenters. The number of benzene rings is 1. The minimum atomic E-state index is -0.807. The number of carbonyl (C=O) groups excluding carboxylic acids is 1. The number of carbonyl (C=O) groups is 1. The summed E-state index contributed by atoms with van der Waals surface area (Å²) in [7, 11) is 0. The van der Waals surface area contributed by atoms with Crippen LogP contribution in [-0.2, 0) is 0 Å². The van der Waals surface area contributed by atoms with Crippen molar-refractivity contribution in [2.75, 3.05) is 0 Å². The molecule has 4 nitrogen and oxygen atoms in total. The lowest BCUT2D eigenvalue weighted by Crippen LogP contribution is -2.11. The molecule has 1 aromatic carbocycles. The highest BCUT2D eigenvalue weighted by atomic mass is 16.1. The van der Waals surface area contributed by atoms with Gasteiger partial charge < -0.3 is 0 Å². The van der Waals surface area contributed by atoms with Crippen LogP contribution in [0, 0.1) is 18.3 Å². The second-order valence-corrected chi connectivity index (χ2v) is 4.93. The monoisotopic (exact) mass is 275 g/mol. The van der Waals surface area contributed by atoms with E-state index >= 15 is 0 Å². The van der Waals surface area contributed by atoms with E-state index in [9.17, 15) is 10.1 Å².